The van der Waals surface area contributed by atoms with E-state index < -0.39 is 21.7 Å². The summed E-state index contributed by atoms with van der Waals surface area (Å²) in [4.78, 5) is 12.5. The molecule has 3 rings (SSSR count). The number of hydrogen-bond acceptors (Lipinski definition) is 4. The van der Waals surface area contributed by atoms with Crippen LogP contribution in [0.5, 0.6) is 5.75 Å². The van der Waals surface area contributed by atoms with E-state index >= 15 is 0 Å². The van der Waals surface area contributed by atoms with Crippen LogP contribution in [0, 0.1) is 5.82 Å². The fourth-order valence-electron chi connectivity index (χ4n) is 3.02. The summed E-state index contributed by atoms with van der Waals surface area (Å²) in [5, 5.41) is 2.61. The highest BCUT2D eigenvalue weighted by atomic mass is 32.2. The molecule has 27 heavy (non-hydrogen) atoms. The summed E-state index contributed by atoms with van der Waals surface area (Å²) in [6.07, 6.45) is 2.68. The van der Waals surface area contributed by atoms with Gasteiger partial charge in [0.05, 0.1) is 17.7 Å². The number of nitrogens with one attached hydrogen (secondary N) is 1. The highest BCUT2D eigenvalue weighted by Crippen LogP contribution is 2.30. The Balaban J connectivity index is 1.90. The monoisotopic (exact) mass is 392 g/mol. The summed E-state index contributed by atoms with van der Waals surface area (Å²) in [5.74, 6) is -0.770. The molecule has 0 aromatic heterocycles. The standard InChI is InChI=1S/C19H21FN2O4S/c1-26-18-9-8-16(27(24,25)22-10-3-2-4-11-22)13-17(18)21-19(23)14-6-5-7-15(20)12-14/h5-9,12-13H,2-4,10-11H2,1H3,(H,21,23). The van der Waals surface area contributed by atoms with E-state index in [4.69, 9.17) is 4.74 Å². The third kappa shape index (κ3) is 4.28. The lowest BCUT2D eigenvalue weighted by molar-refractivity contribution is 0.102. The molecule has 0 aliphatic carbocycles. The molecule has 1 N–H and O–H groups in total. The molecule has 2 aromatic carbocycles. The first-order valence-electron chi connectivity index (χ1n) is 8.67. The zero-order valence-corrected chi connectivity index (χ0v) is 15.8. The Bertz CT molecular complexity index is 940. The largest absolute Gasteiger partial charge is 0.495 e. The fourth-order valence-corrected chi connectivity index (χ4v) is 4.57. The molecule has 0 atom stereocenters. The molecule has 1 aliphatic heterocycles. The first-order chi connectivity index (χ1) is 12.9. The number of anilines is 1. The Kier molecular flexibility index (Phi) is 5.76. The Hall–Kier alpha value is -2.45. The number of ether oxygens (including phenoxy) is 1. The molecular weight excluding hydrogens is 371 g/mol. The minimum absolute atomic E-state index is 0.0831. The van der Waals surface area contributed by atoms with Gasteiger partial charge in [0.25, 0.3) is 5.91 Å². The van der Waals surface area contributed by atoms with E-state index in [0.717, 1.165) is 25.3 Å². The number of halogens is 1. The molecule has 1 heterocycles. The van der Waals surface area contributed by atoms with Gasteiger partial charge in [-0.2, -0.15) is 4.31 Å². The molecule has 1 aliphatic rings. The van der Waals surface area contributed by atoms with Crippen molar-refractivity contribution in [3.63, 3.8) is 0 Å². The van der Waals surface area contributed by atoms with Gasteiger partial charge < -0.3 is 10.1 Å². The summed E-state index contributed by atoms with van der Waals surface area (Å²) in [6.45, 7) is 0.971. The van der Waals surface area contributed by atoms with Crippen molar-refractivity contribution in [2.24, 2.45) is 0 Å². The van der Waals surface area contributed by atoms with Gasteiger partial charge in [-0.25, -0.2) is 12.8 Å². The number of carbonyl (C=O) groups is 1. The van der Waals surface area contributed by atoms with Gasteiger partial charge >= 0.3 is 0 Å². The predicted molar refractivity (Wildman–Crippen MR) is 100.0 cm³/mol. The lowest BCUT2D eigenvalue weighted by Gasteiger charge is -2.26. The molecule has 1 saturated heterocycles. The number of piperidine rings is 1. The minimum atomic E-state index is -3.65. The Morgan fingerprint density at radius 3 is 2.52 bits per heavy atom. The average molecular weight is 392 g/mol. The van der Waals surface area contributed by atoms with Crippen molar-refractivity contribution < 1.29 is 22.3 Å². The molecule has 1 fully saturated rings. The van der Waals surface area contributed by atoms with Crippen molar-refractivity contribution in [3.8, 4) is 5.75 Å². The number of carbonyl (C=O) groups excluding carboxylic acids is 1. The first-order valence-corrected chi connectivity index (χ1v) is 10.1. The van der Waals surface area contributed by atoms with Crippen LogP contribution in [0.2, 0.25) is 0 Å². The number of methoxy groups -OCH3 is 1. The van der Waals surface area contributed by atoms with Crippen molar-refractivity contribution in [2.75, 3.05) is 25.5 Å². The molecule has 0 radical (unpaired) electrons. The first kappa shape index (κ1) is 19.3. The topological polar surface area (TPSA) is 75.7 Å². The van der Waals surface area contributed by atoms with Crippen LogP contribution < -0.4 is 10.1 Å². The predicted octanol–water partition coefficient (Wildman–Crippen LogP) is 3.26. The van der Waals surface area contributed by atoms with Crippen LogP contribution in [0.4, 0.5) is 10.1 Å². The van der Waals surface area contributed by atoms with E-state index in [1.807, 2.05) is 0 Å². The number of sulfonamides is 1. The highest BCUT2D eigenvalue weighted by molar-refractivity contribution is 7.89. The Labute approximate surface area is 158 Å². The second-order valence-electron chi connectivity index (χ2n) is 6.29. The van der Waals surface area contributed by atoms with Gasteiger partial charge in [-0.3, -0.25) is 4.79 Å². The van der Waals surface area contributed by atoms with Crippen molar-refractivity contribution in [1.82, 2.24) is 4.31 Å². The Morgan fingerprint density at radius 1 is 1.11 bits per heavy atom. The van der Waals surface area contributed by atoms with E-state index in [2.05, 4.69) is 5.32 Å². The van der Waals surface area contributed by atoms with Crippen LogP contribution in [0.1, 0.15) is 29.6 Å². The van der Waals surface area contributed by atoms with Crippen molar-refractivity contribution >= 4 is 21.6 Å². The lowest BCUT2D eigenvalue weighted by Crippen LogP contribution is -2.35. The smallest absolute Gasteiger partial charge is 0.255 e. The third-order valence-corrected chi connectivity index (χ3v) is 6.35. The molecule has 144 valence electrons. The van der Waals surface area contributed by atoms with Gasteiger partial charge in [-0.15, -0.1) is 0 Å². The summed E-state index contributed by atoms with van der Waals surface area (Å²) in [7, 11) is -2.23. The zero-order chi connectivity index (χ0) is 19.4. The molecule has 0 unspecified atom stereocenters. The molecular formula is C19H21FN2O4S. The zero-order valence-electron chi connectivity index (χ0n) is 14.9. The maximum absolute atomic E-state index is 13.3. The summed E-state index contributed by atoms with van der Waals surface area (Å²) >= 11 is 0. The maximum Gasteiger partial charge on any atom is 0.255 e. The molecule has 1 amide bonds. The van der Waals surface area contributed by atoms with E-state index in [1.54, 1.807) is 0 Å². The summed E-state index contributed by atoms with van der Waals surface area (Å²) in [5.41, 5.74) is 0.339. The fraction of sp³-hybridized carbons (Fsp3) is 0.316. The van der Waals surface area contributed by atoms with Gasteiger partial charge in [0.15, 0.2) is 0 Å². The van der Waals surface area contributed by atoms with Gasteiger partial charge in [0.1, 0.15) is 11.6 Å². The SMILES string of the molecule is COc1ccc(S(=O)(=O)N2CCCCC2)cc1NC(=O)c1cccc(F)c1. The normalized spacial score (nSPS) is 15.3. The van der Waals surface area contributed by atoms with Crippen molar-refractivity contribution in [1.29, 1.82) is 0 Å². The number of rotatable bonds is 5. The third-order valence-electron chi connectivity index (χ3n) is 4.46. The second kappa shape index (κ2) is 8.06. The van der Waals surface area contributed by atoms with Crippen LogP contribution in [-0.2, 0) is 10.0 Å². The quantitative estimate of drug-likeness (QED) is 0.847. The summed E-state index contributed by atoms with van der Waals surface area (Å²) in [6, 6.07) is 9.58. The van der Waals surface area contributed by atoms with Crippen molar-refractivity contribution in [2.45, 2.75) is 24.2 Å². The van der Waals surface area contributed by atoms with Crippen LogP contribution in [0.25, 0.3) is 0 Å². The number of amides is 1. The van der Waals surface area contributed by atoms with Gasteiger partial charge in [0.2, 0.25) is 10.0 Å². The van der Waals surface area contributed by atoms with E-state index in [-0.39, 0.29) is 16.1 Å². The molecule has 6 nitrogen and oxygen atoms in total. The molecule has 0 spiro atoms. The molecule has 2 aromatic rings. The lowest BCUT2D eigenvalue weighted by atomic mass is 10.2. The van der Waals surface area contributed by atoms with Gasteiger partial charge in [-0.1, -0.05) is 12.5 Å². The average Bonchev–Trinajstić information content (AvgIpc) is 2.68. The number of benzene rings is 2. The molecule has 8 heteroatoms. The second-order valence-corrected chi connectivity index (χ2v) is 8.23. The molecule has 0 bridgehead atoms. The minimum Gasteiger partial charge on any atom is -0.495 e. The number of nitrogens with zero attached hydrogens (tertiary/aromatic N) is 1. The number of hydrogen-bond donors (Lipinski definition) is 1. The van der Waals surface area contributed by atoms with Gasteiger partial charge in [-0.05, 0) is 49.2 Å². The van der Waals surface area contributed by atoms with E-state index in [9.17, 15) is 17.6 Å². The summed E-state index contributed by atoms with van der Waals surface area (Å²) < 4.78 is 45.7. The van der Waals surface area contributed by atoms with Crippen LogP contribution in [0.3, 0.4) is 0 Å². The van der Waals surface area contributed by atoms with Gasteiger partial charge in [0, 0.05) is 18.7 Å². The van der Waals surface area contributed by atoms with E-state index in [0.29, 0.717) is 18.8 Å². The van der Waals surface area contributed by atoms with Crippen LogP contribution in [0.15, 0.2) is 47.4 Å². The van der Waals surface area contributed by atoms with Crippen molar-refractivity contribution in [3.05, 3.63) is 53.8 Å². The van der Waals surface area contributed by atoms with Crippen LogP contribution >= 0.6 is 0 Å². The highest BCUT2D eigenvalue weighted by Gasteiger charge is 2.27. The Morgan fingerprint density at radius 2 is 1.85 bits per heavy atom. The van der Waals surface area contributed by atoms with Crippen LogP contribution in [-0.4, -0.2) is 38.8 Å². The van der Waals surface area contributed by atoms with E-state index in [1.165, 1.54) is 47.8 Å². The maximum atomic E-state index is 13.3. The molecule has 0 saturated carbocycles.